The molecule has 0 radical (unpaired) electrons. The summed E-state index contributed by atoms with van der Waals surface area (Å²) in [5.41, 5.74) is -0.313. The first-order valence-corrected chi connectivity index (χ1v) is 9.61. The van der Waals surface area contributed by atoms with Gasteiger partial charge in [0.25, 0.3) is 0 Å². The van der Waals surface area contributed by atoms with Crippen molar-refractivity contribution in [2.45, 2.75) is 47.0 Å². The van der Waals surface area contributed by atoms with Gasteiger partial charge in [0.15, 0.2) is 0 Å². The van der Waals surface area contributed by atoms with Gasteiger partial charge in [-0.25, -0.2) is 0 Å². The molecule has 2 aliphatic carbocycles. The first-order chi connectivity index (χ1) is 12.3. The van der Waals surface area contributed by atoms with Gasteiger partial charge in [-0.15, -0.1) is 0 Å². The fourth-order valence-electron chi connectivity index (χ4n) is 5.46. The first kappa shape index (κ1) is 17.3. The van der Waals surface area contributed by atoms with Crippen molar-refractivity contribution in [1.29, 1.82) is 0 Å². The highest BCUT2D eigenvalue weighted by Gasteiger charge is 2.73. The van der Waals surface area contributed by atoms with Gasteiger partial charge in [-0.3, -0.25) is 9.59 Å². The summed E-state index contributed by atoms with van der Waals surface area (Å²) in [6.07, 6.45) is 2.01. The average Bonchev–Trinajstić information content (AvgIpc) is 2.93. The molecule has 3 nitrogen and oxygen atoms in total. The highest BCUT2D eigenvalue weighted by atomic mass is 16.2. The van der Waals surface area contributed by atoms with E-state index in [9.17, 15) is 9.59 Å². The summed E-state index contributed by atoms with van der Waals surface area (Å²) < 4.78 is 0. The number of amides is 1. The SMILES string of the molecule is CCN(C(=O)[C@]12CC[C@@](C)(C(=O)C1)C2(C)C)c1cccc2ccccc12. The number of carbonyl (C=O) groups excluding carboxylic acids is 2. The fraction of sp³-hybridized carbons (Fsp3) is 0.478. The van der Waals surface area contributed by atoms with Gasteiger partial charge in [0, 0.05) is 23.8 Å². The van der Waals surface area contributed by atoms with Crippen LogP contribution in [0.15, 0.2) is 42.5 Å². The van der Waals surface area contributed by atoms with Crippen molar-refractivity contribution in [3.8, 4) is 0 Å². The van der Waals surface area contributed by atoms with E-state index in [1.165, 1.54) is 0 Å². The van der Waals surface area contributed by atoms with Crippen LogP contribution in [0.25, 0.3) is 10.8 Å². The highest BCUT2D eigenvalue weighted by molar-refractivity contribution is 6.09. The quantitative estimate of drug-likeness (QED) is 0.784. The molecule has 2 aromatic carbocycles. The first-order valence-electron chi connectivity index (χ1n) is 9.61. The Bertz CT molecular complexity index is 910. The van der Waals surface area contributed by atoms with E-state index in [0.29, 0.717) is 13.0 Å². The number of Topliss-reactive ketones (excluding diaryl/α,β-unsaturated/α-hetero) is 1. The topological polar surface area (TPSA) is 37.4 Å². The molecule has 2 aliphatic rings. The third-order valence-electron chi connectivity index (χ3n) is 7.73. The van der Waals surface area contributed by atoms with Gasteiger partial charge < -0.3 is 4.90 Å². The van der Waals surface area contributed by atoms with Crippen LogP contribution in [0.4, 0.5) is 5.69 Å². The number of fused-ring (bicyclic) bond motifs is 3. The average molecular weight is 349 g/mol. The molecule has 136 valence electrons. The molecule has 0 saturated heterocycles. The minimum absolute atomic E-state index is 0.121. The van der Waals surface area contributed by atoms with Gasteiger partial charge in [0.05, 0.1) is 11.1 Å². The fourth-order valence-corrected chi connectivity index (χ4v) is 5.46. The Morgan fingerprint density at radius 3 is 2.35 bits per heavy atom. The molecule has 1 amide bonds. The highest BCUT2D eigenvalue weighted by Crippen LogP contribution is 2.71. The number of hydrogen-bond acceptors (Lipinski definition) is 2. The Hall–Kier alpha value is -2.16. The molecule has 0 unspecified atom stereocenters. The van der Waals surface area contributed by atoms with Crippen molar-refractivity contribution < 1.29 is 9.59 Å². The van der Waals surface area contributed by atoms with E-state index in [-0.39, 0.29) is 22.5 Å². The van der Waals surface area contributed by atoms with Crippen molar-refractivity contribution in [2.75, 3.05) is 11.4 Å². The van der Waals surface area contributed by atoms with Crippen molar-refractivity contribution in [1.82, 2.24) is 0 Å². The molecule has 0 spiro atoms. The molecule has 26 heavy (non-hydrogen) atoms. The van der Waals surface area contributed by atoms with Gasteiger partial charge in [0.2, 0.25) is 5.91 Å². The second-order valence-electron chi connectivity index (χ2n) is 8.69. The zero-order valence-corrected chi connectivity index (χ0v) is 16.1. The van der Waals surface area contributed by atoms with Crippen LogP contribution in [0.5, 0.6) is 0 Å². The van der Waals surface area contributed by atoms with Crippen molar-refractivity contribution >= 4 is 28.2 Å². The van der Waals surface area contributed by atoms with Crippen LogP contribution < -0.4 is 4.90 Å². The summed E-state index contributed by atoms with van der Waals surface area (Å²) in [5.74, 6) is 0.381. The zero-order valence-electron chi connectivity index (χ0n) is 16.1. The van der Waals surface area contributed by atoms with Crippen LogP contribution in [-0.2, 0) is 9.59 Å². The molecule has 0 aliphatic heterocycles. The number of nitrogens with zero attached hydrogens (tertiary/aromatic N) is 1. The molecule has 0 aromatic heterocycles. The van der Waals surface area contributed by atoms with Gasteiger partial charge in [-0.2, -0.15) is 0 Å². The molecule has 2 saturated carbocycles. The minimum atomic E-state index is -0.578. The molecule has 0 N–H and O–H groups in total. The summed E-state index contributed by atoms with van der Waals surface area (Å²) in [6, 6.07) is 14.3. The Labute approximate surface area is 155 Å². The van der Waals surface area contributed by atoms with Crippen LogP contribution >= 0.6 is 0 Å². The lowest BCUT2D eigenvalue weighted by Gasteiger charge is -2.41. The van der Waals surface area contributed by atoms with Gasteiger partial charge >= 0.3 is 0 Å². The van der Waals surface area contributed by atoms with Gasteiger partial charge in [-0.1, -0.05) is 57.2 Å². The van der Waals surface area contributed by atoms with E-state index in [4.69, 9.17) is 0 Å². The third kappa shape index (κ3) is 1.89. The lowest BCUT2D eigenvalue weighted by molar-refractivity contribution is -0.134. The Balaban J connectivity index is 1.83. The van der Waals surface area contributed by atoms with Crippen LogP contribution in [0.2, 0.25) is 0 Å². The van der Waals surface area contributed by atoms with E-state index < -0.39 is 5.41 Å². The smallest absolute Gasteiger partial charge is 0.234 e. The normalized spacial score (nSPS) is 29.3. The molecule has 2 fully saturated rings. The summed E-state index contributed by atoms with van der Waals surface area (Å²) in [7, 11) is 0. The lowest BCUT2D eigenvalue weighted by Crippen LogP contribution is -2.49. The van der Waals surface area contributed by atoms with Crippen LogP contribution in [-0.4, -0.2) is 18.2 Å². The van der Waals surface area contributed by atoms with E-state index in [0.717, 1.165) is 29.3 Å². The van der Waals surface area contributed by atoms with E-state index in [2.05, 4.69) is 39.0 Å². The molecule has 0 heterocycles. The van der Waals surface area contributed by atoms with Crippen molar-refractivity contribution in [3.63, 3.8) is 0 Å². The summed E-state index contributed by atoms with van der Waals surface area (Å²) in [4.78, 5) is 28.6. The van der Waals surface area contributed by atoms with Crippen molar-refractivity contribution in [2.24, 2.45) is 16.2 Å². The number of ketones is 1. The largest absolute Gasteiger partial charge is 0.312 e. The van der Waals surface area contributed by atoms with E-state index in [1.54, 1.807) is 0 Å². The molecular formula is C23H27NO2. The number of hydrogen-bond donors (Lipinski definition) is 0. The van der Waals surface area contributed by atoms with Crippen LogP contribution in [0.3, 0.4) is 0 Å². The molecule has 2 bridgehead atoms. The molecule has 2 aromatic rings. The molecule has 2 atom stereocenters. The van der Waals surface area contributed by atoms with Crippen LogP contribution in [0.1, 0.15) is 47.0 Å². The maximum absolute atomic E-state index is 13.9. The number of carbonyl (C=O) groups is 2. The van der Waals surface area contributed by atoms with E-state index >= 15 is 0 Å². The summed E-state index contributed by atoms with van der Waals surface area (Å²) in [5, 5.41) is 2.22. The summed E-state index contributed by atoms with van der Waals surface area (Å²) in [6.45, 7) is 8.94. The monoisotopic (exact) mass is 349 g/mol. The Kier molecular flexibility index (Phi) is 3.60. The van der Waals surface area contributed by atoms with Crippen LogP contribution in [0, 0.1) is 16.2 Å². The number of rotatable bonds is 3. The zero-order chi connectivity index (χ0) is 18.7. The van der Waals surface area contributed by atoms with Crippen molar-refractivity contribution in [3.05, 3.63) is 42.5 Å². The summed E-state index contributed by atoms with van der Waals surface area (Å²) >= 11 is 0. The lowest BCUT2D eigenvalue weighted by atomic mass is 9.64. The minimum Gasteiger partial charge on any atom is -0.312 e. The number of anilines is 1. The molecule has 3 heteroatoms. The predicted molar refractivity (Wildman–Crippen MR) is 105 cm³/mol. The maximum Gasteiger partial charge on any atom is 0.234 e. The standard InChI is InChI=1S/C23H27NO2/c1-5-24(18-12-8-10-16-9-6-7-11-17(16)18)20(26)23-14-13-22(4,19(25)15-23)21(23,2)3/h6-12H,5,13-15H2,1-4H3/t22-,23-/m0/s1. The van der Waals surface area contributed by atoms with Gasteiger partial charge in [-0.05, 0) is 36.6 Å². The van der Waals surface area contributed by atoms with E-state index in [1.807, 2.05) is 36.1 Å². The second kappa shape index (κ2) is 5.42. The third-order valence-corrected chi connectivity index (χ3v) is 7.73. The Morgan fingerprint density at radius 1 is 1.04 bits per heavy atom. The second-order valence-corrected chi connectivity index (χ2v) is 8.69. The van der Waals surface area contributed by atoms with Gasteiger partial charge in [0.1, 0.15) is 5.78 Å². The Morgan fingerprint density at radius 2 is 1.73 bits per heavy atom. The number of benzene rings is 2. The maximum atomic E-state index is 13.9. The molecule has 4 rings (SSSR count). The molecular weight excluding hydrogens is 322 g/mol. The predicted octanol–water partition coefficient (Wildman–Crippen LogP) is 4.98.